The van der Waals surface area contributed by atoms with Crippen molar-refractivity contribution in [1.82, 2.24) is 4.90 Å². The number of ether oxygens (including phenoxy) is 1. The summed E-state index contributed by atoms with van der Waals surface area (Å²) < 4.78 is 5.78. The van der Waals surface area contributed by atoms with Crippen molar-refractivity contribution < 1.29 is 9.53 Å². The number of rotatable bonds is 5. The van der Waals surface area contributed by atoms with Gasteiger partial charge in [-0.2, -0.15) is 0 Å². The van der Waals surface area contributed by atoms with Gasteiger partial charge in [0, 0.05) is 25.1 Å². The average Bonchev–Trinajstić information content (AvgIpc) is 2.63. The molecule has 0 spiro atoms. The van der Waals surface area contributed by atoms with Crippen LogP contribution in [-0.4, -0.2) is 30.5 Å². The molecule has 0 unspecified atom stereocenters. The normalized spacial score (nSPS) is 15.3. The minimum absolute atomic E-state index is 0.137. The lowest BCUT2D eigenvalue weighted by atomic mass is 9.98. The van der Waals surface area contributed by atoms with E-state index in [0.717, 1.165) is 49.6 Å². The van der Waals surface area contributed by atoms with E-state index in [4.69, 9.17) is 4.74 Å². The Morgan fingerprint density at radius 2 is 1.71 bits per heavy atom. The van der Waals surface area contributed by atoms with Crippen LogP contribution >= 0.6 is 0 Å². The second-order valence-corrected chi connectivity index (χ2v) is 6.58. The number of piperidine rings is 1. The molecule has 3 rings (SSSR count). The molecule has 1 saturated heterocycles. The van der Waals surface area contributed by atoms with Gasteiger partial charge in [-0.05, 0) is 48.6 Å². The molecule has 3 nitrogen and oxygen atoms in total. The summed E-state index contributed by atoms with van der Waals surface area (Å²) in [5.41, 5.74) is 2.02. The summed E-state index contributed by atoms with van der Waals surface area (Å²) >= 11 is 0. The Bertz CT molecular complexity index is 643. The molecule has 2 aromatic carbocycles. The number of carbonyl (C=O) groups excluding carboxylic acids is 1. The first-order valence-electron chi connectivity index (χ1n) is 8.78. The van der Waals surface area contributed by atoms with E-state index in [1.165, 1.54) is 5.56 Å². The van der Waals surface area contributed by atoms with E-state index in [1.807, 2.05) is 47.4 Å². The van der Waals surface area contributed by atoms with Gasteiger partial charge in [0.05, 0.1) is 6.61 Å². The standard InChI is InChI=1S/C21H25NO2/c1-17-11-14-22(15-12-17)21(23)19-7-9-20(10-8-19)24-16-13-18-5-3-2-4-6-18/h2-10,17H,11-16H2,1H3. The van der Waals surface area contributed by atoms with Gasteiger partial charge in [-0.15, -0.1) is 0 Å². The molecule has 24 heavy (non-hydrogen) atoms. The van der Waals surface area contributed by atoms with Crippen LogP contribution in [0.3, 0.4) is 0 Å². The number of likely N-dealkylation sites (tertiary alicyclic amines) is 1. The third-order valence-corrected chi connectivity index (χ3v) is 4.67. The number of hydrogen-bond acceptors (Lipinski definition) is 2. The zero-order valence-corrected chi connectivity index (χ0v) is 14.3. The second kappa shape index (κ2) is 8.00. The van der Waals surface area contributed by atoms with Crippen LogP contribution in [0.4, 0.5) is 0 Å². The molecule has 1 aliphatic rings. The van der Waals surface area contributed by atoms with E-state index in [2.05, 4.69) is 19.1 Å². The van der Waals surface area contributed by atoms with Crippen molar-refractivity contribution in [2.45, 2.75) is 26.2 Å². The van der Waals surface area contributed by atoms with Crippen LogP contribution in [0.5, 0.6) is 5.75 Å². The minimum Gasteiger partial charge on any atom is -0.493 e. The fourth-order valence-electron chi connectivity index (χ4n) is 3.02. The summed E-state index contributed by atoms with van der Waals surface area (Å²) in [5.74, 6) is 1.68. The Morgan fingerprint density at radius 1 is 1.04 bits per heavy atom. The Morgan fingerprint density at radius 3 is 2.38 bits per heavy atom. The Hall–Kier alpha value is -2.29. The SMILES string of the molecule is CC1CCN(C(=O)c2ccc(OCCc3ccccc3)cc2)CC1. The van der Waals surface area contributed by atoms with E-state index in [0.29, 0.717) is 6.61 Å². The van der Waals surface area contributed by atoms with Gasteiger partial charge in [-0.25, -0.2) is 0 Å². The van der Waals surface area contributed by atoms with Crippen LogP contribution in [0.1, 0.15) is 35.7 Å². The molecule has 0 radical (unpaired) electrons. The van der Waals surface area contributed by atoms with Gasteiger partial charge < -0.3 is 9.64 Å². The summed E-state index contributed by atoms with van der Waals surface area (Å²) in [6.45, 7) is 4.63. The molecule has 0 atom stereocenters. The number of carbonyl (C=O) groups is 1. The molecule has 0 aromatic heterocycles. The highest BCUT2D eigenvalue weighted by Gasteiger charge is 2.21. The zero-order valence-electron chi connectivity index (χ0n) is 14.3. The van der Waals surface area contributed by atoms with Crippen molar-refractivity contribution in [1.29, 1.82) is 0 Å². The summed E-state index contributed by atoms with van der Waals surface area (Å²) in [7, 11) is 0. The van der Waals surface area contributed by atoms with Gasteiger partial charge in [0.15, 0.2) is 0 Å². The summed E-state index contributed by atoms with van der Waals surface area (Å²) in [6.07, 6.45) is 3.09. The number of nitrogens with zero attached hydrogens (tertiary/aromatic N) is 1. The topological polar surface area (TPSA) is 29.5 Å². The highest BCUT2D eigenvalue weighted by molar-refractivity contribution is 5.94. The van der Waals surface area contributed by atoms with E-state index < -0.39 is 0 Å². The van der Waals surface area contributed by atoms with Gasteiger partial charge in [0.2, 0.25) is 0 Å². The van der Waals surface area contributed by atoms with Crippen LogP contribution < -0.4 is 4.74 Å². The minimum atomic E-state index is 0.137. The molecule has 3 heteroatoms. The number of hydrogen-bond donors (Lipinski definition) is 0. The largest absolute Gasteiger partial charge is 0.493 e. The molecule has 0 aliphatic carbocycles. The van der Waals surface area contributed by atoms with Crippen LogP contribution in [0.2, 0.25) is 0 Å². The molecule has 1 heterocycles. The predicted molar refractivity (Wildman–Crippen MR) is 96.4 cm³/mol. The van der Waals surface area contributed by atoms with Crippen molar-refractivity contribution in [3.63, 3.8) is 0 Å². The van der Waals surface area contributed by atoms with E-state index in [-0.39, 0.29) is 5.91 Å². The fourth-order valence-corrected chi connectivity index (χ4v) is 3.02. The number of amides is 1. The molecule has 126 valence electrons. The van der Waals surface area contributed by atoms with Crippen molar-refractivity contribution >= 4 is 5.91 Å². The Balaban J connectivity index is 1.50. The van der Waals surface area contributed by atoms with Crippen molar-refractivity contribution in [3.8, 4) is 5.75 Å². The number of benzene rings is 2. The smallest absolute Gasteiger partial charge is 0.253 e. The summed E-state index contributed by atoms with van der Waals surface area (Å²) in [5, 5.41) is 0. The van der Waals surface area contributed by atoms with Crippen LogP contribution in [0.15, 0.2) is 54.6 Å². The van der Waals surface area contributed by atoms with E-state index >= 15 is 0 Å². The molecule has 0 bridgehead atoms. The van der Waals surface area contributed by atoms with Crippen LogP contribution in [0.25, 0.3) is 0 Å². The molecule has 1 amide bonds. The lowest BCUT2D eigenvalue weighted by molar-refractivity contribution is 0.0697. The first-order valence-corrected chi connectivity index (χ1v) is 8.78. The van der Waals surface area contributed by atoms with Gasteiger partial charge in [0.1, 0.15) is 5.75 Å². The van der Waals surface area contributed by atoms with Crippen LogP contribution in [0, 0.1) is 5.92 Å². The summed E-state index contributed by atoms with van der Waals surface area (Å²) in [4.78, 5) is 14.5. The van der Waals surface area contributed by atoms with Gasteiger partial charge in [0.25, 0.3) is 5.91 Å². The predicted octanol–water partition coefficient (Wildman–Crippen LogP) is 4.18. The monoisotopic (exact) mass is 323 g/mol. The van der Waals surface area contributed by atoms with Crippen LogP contribution in [-0.2, 0) is 6.42 Å². The molecule has 0 saturated carbocycles. The maximum Gasteiger partial charge on any atom is 0.253 e. The highest BCUT2D eigenvalue weighted by atomic mass is 16.5. The third-order valence-electron chi connectivity index (χ3n) is 4.67. The third kappa shape index (κ3) is 4.38. The average molecular weight is 323 g/mol. The second-order valence-electron chi connectivity index (χ2n) is 6.58. The molecule has 1 aliphatic heterocycles. The van der Waals surface area contributed by atoms with E-state index in [9.17, 15) is 4.79 Å². The summed E-state index contributed by atoms with van der Waals surface area (Å²) in [6, 6.07) is 17.8. The molecule has 1 fully saturated rings. The van der Waals surface area contributed by atoms with Crippen molar-refractivity contribution in [3.05, 3.63) is 65.7 Å². The van der Waals surface area contributed by atoms with Gasteiger partial charge >= 0.3 is 0 Å². The Labute approximate surface area is 144 Å². The Kier molecular flexibility index (Phi) is 5.52. The highest BCUT2D eigenvalue weighted by Crippen LogP contribution is 2.19. The maximum absolute atomic E-state index is 12.5. The molecular formula is C21H25NO2. The van der Waals surface area contributed by atoms with E-state index in [1.54, 1.807) is 0 Å². The first-order chi connectivity index (χ1) is 11.7. The van der Waals surface area contributed by atoms with Gasteiger partial charge in [-0.1, -0.05) is 37.3 Å². The molecule has 0 N–H and O–H groups in total. The zero-order chi connectivity index (χ0) is 16.8. The molecular weight excluding hydrogens is 298 g/mol. The molecule has 2 aromatic rings. The van der Waals surface area contributed by atoms with Crippen molar-refractivity contribution in [2.75, 3.05) is 19.7 Å². The maximum atomic E-state index is 12.5. The first kappa shape index (κ1) is 16.6. The lowest BCUT2D eigenvalue weighted by Gasteiger charge is -2.30. The van der Waals surface area contributed by atoms with Gasteiger partial charge in [-0.3, -0.25) is 4.79 Å². The quantitative estimate of drug-likeness (QED) is 0.826. The van der Waals surface area contributed by atoms with Crippen molar-refractivity contribution in [2.24, 2.45) is 5.92 Å². The lowest BCUT2D eigenvalue weighted by Crippen LogP contribution is -2.37. The fraction of sp³-hybridized carbons (Fsp3) is 0.381.